The first-order valence-electron chi connectivity index (χ1n) is 4.40. The molecule has 1 rings (SSSR count). The Balaban J connectivity index is 2.98. The van der Waals surface area contributed by atoms with Crippen molar-refractivity contribution in [2.75, 3.05) is 0 Å². The molecule has 0 heterocycles. The van der Waals surface area contributed by atoms with Gasteiger partial charge in [0.25, 0.3) is 0 Å². The monoisotopic (exact) mass is 208 g/mol. The predicted molar refractivity (Wildman–Crippen MR) is 58.3 cm³/mol. The van der Waals surface area contributed by atoms with E-state index in [0.29, 0.717) is 5.56 Å². The molecule has 0 spiro atoms. The van der Waals surface area contributed by atoms with E-state index in [2.05, 4.69) is 31.1 Å². The summed E-state index contributed by atoms with van der Waals surface area (Å²) < 4.78 is 12.7. The van der Waals surface area contributed by atoms with Crippen LogP contribution in [0.4, 0.5) is 4.39 Å². The van der Waals surface area contributed by atoms with Crippen LogP contribution >= 0.6 is 0 Å². The van der Waals surface area contributed by atoms with Gasteiger partial charge in [-0.1, -0.05) is 25.6 Å². The zero-order valence-corrected chi connectivity index (χ0v) is 9.56. The molecule has 0 unspecified atom stereocenters. The lowest BCUT2D eigenvalue weighted by atomic mass is 10.2. The number of halogens is 1. The first-order chi connectivity index (χ1) is 6.38. The van der Waals surface area contributed by atoms with Crippen molar-refractivity contribution in [2.45, 2.75) is 19.6 Å². The normalized spacial score (nSPS) is 10.6. The molecule has 74 valence electrons. The maximum absolute atomic E-state index is 12.7. The summed E-state index contributed by atoms with van der Waals surface area (Å²) in [5.41, 5.74) is 3.80. The van der Waals surface area contributed by atoms with Crippen LogP contribution in [0.5, 0.6) is 5.75 Å². The molecule has 3 heteroatoms. The lowest BCUT2D eigenvalue weighted by Gasteiger charge is -2.03. The van der Waals surface area contributed by atoms with Crippen LogP contribution in [-0.2, 0) is 0 Å². The number of hydrogen-bond donors (Lipinski definition) is 1. The third-order valence-electron chi connectivity index (χ3n) is 1.53. The van der Waals surface area contributed by atoms with Gasteiger partial charge in [0, 0.05) is 5.56 Å². The summed E-state index contributed by atoms with van der Waals surface area (Å²) in [7, 11) is -1.41. The average Bonchev–Trinajstić information content (AvgIpc) is 2.06. The molecule has 0 radical (unpaired) electrons. The molecule has 0 aliphatic rings. The van der Waals surface area contributed by atoms with Crippen LogP contribution in [0.25, 0.3) is 0 Å². The molecule has 1 aromatic carbocycles. The second-order valence-corrected chi connectivity index (χ2v) is 8.92. The van der Waals surface area contributed by atoms with E-state index in [0.717, 1.165) is 0 Å². The smallest absolute Gasteiger partial charge is 0.164 e. The average molecular weight is 208 g/mol. The van der Waals surface area contributed by atoms with Gasteiger partial charge in [-0.05, 0) is 18.2 Å². The number of rotatable bonds is 0. The molecule has 0 amide bonds. The lowest BCUT2D eigenvalue weighted by molar-refractivity contribution is 0.432. The predicted octanol–water partition coefficient (Wildman–Crippen LogP) is 2.76. The Morgan fingerprint density at radius 2 is 1.93 bits per heavy atom. The van der Waals surface area contributed by atoms with Gasteiger partial charge in [0.1, 0.15) is 8.07 Å². The van der Waals surface area contributed by atoms with Crippen molar-refractivity contribution in [3.8, 4) is 17.2 Å². The molecule has 1 aromatic rings. The second kappa shape index (κ2) is 3.85. The summed E-state index contributed by atoms with van der Waals surface area (Å²) in [4.78, 5) is 0. The van der Waals surface area contributed by atoms with Gasteiger partial charge >= 0.3 is 0 Å². The fraction of sp³-hybridized carbons (Fsp3) is 0.273. The van der Waals surface area contributed by atoms with Crippen molar-refractivity contribution in [3.05, 3.63) is 29.6 Å². The van der Waals surface area contributed by atoms with Gasteiger partial charge in [0.15, 0.2) is 11.6 Å². The number of phenols is 1. The maximum atomic E-state index is 12.7. The van der Waals surface area contributed by atoms with Gasteiger partial charge in [-0.3, -0.25) is 0 Å². The molecule has 0 bridgehead atoms. The molecular weight excluding hydrogens is 195 g/mol. The van der Waals surface area contributed by atoms with E-state index in [1.165, 1.54) is 12.1 Å². The minimum absolute atomic E-state index is 0.340. The number of hydrogen-bond acceptors (Lipinski definition) is 1. The summed E-state index contributed by atoms with van der Waals surface area (Å²) in [5, 5.41) is 9.10. The van der Waals surface area contributed by atoms with Gasteiger partial charge in [0.05, 0.1) is 0 Å². The summed E-state index contributed by atoms with van der Waals surface area (Å²) in [6.07, 6.45) is 0. The molecule has 0 aliphatic heterocycles. The molecule has 0 fully saturated rings. The quantitative estimate of drug-likeness (QED) is 0.513. The Bertz CT molecular complexity index is 396. The van der Waals surface area contributed by atoms with Gasteiger partial charge in [-0.15, -0.1) is 5.54 Å². The van der Waals surface area contributed by atoms with E-state index in [-0.39, 0.29) is 5.75 Å². The molecule has 0 saturated heterocycles. The minimum atomic E-state index is -1.41. The van der Waals surface area contributed by atoms with Crippen LogP contribution in [0.3, 0.4) is 0 Å². The van der Waals surface area contributed by atoms with E-state index in [4.69, 9.17) is 5.11 Å². The van der Waals surface area contributed by atoms with Crippen LogP contribution in [-0.4, -0.2) is 13.2 Å². The Morgan fingerprint density at radius 1 is 1.29 bits per heavy atom. The third kappa shape index (κ3) is 3.23. The van der Waals surface area contributed by atoms with E-state index >= 15 is 0 Å². The van der Waals surface area contributed by atoms with Gasteiger partial charge in [-0.25, -0.2) is 4.39 Å². The SMILES string of the molecule is C[Si](C)(C)C#Cc1ccc(F)c(O)c1. The van der Waals surface area contributed by atoms with Crippen molar-refractivity contribution in [1.82, 2.24) is 0 Å². The van der Waals surface area contributed by atoms with Crippen molar-refractivity contribution in [1.29, 1.82) is 0 Å². The highest BCUT2D eigenvalue weighted by Crippen LogP contribution is 2.15. The molecule has 1 N–H and O–H groups in total. The zero-order valence-electron chi connectivity index (χ0n) is 8.56. The fourth-order valence-electron chi connectivity index (χ4n) is 0.850. The largest absolute Gasteiger partial charge is 0.505 e. The first kappa shape index (κ1) is 10.8. The Morgan fingerprint density at radius 3 is 2.43 bits per heavy atom. The van der Waals surface area contributed by atoms with E-state index in [1.807, 2.05) is 0 Å². The highest BCUT2D eigenvalue weighted by molar-refractivity contribution is 6.83. The van der Waals surface area contributed by atoms with Gasteiger partial charge in [0.2, 0.25) is 0 Å². The summed E-state index contributed by atoms with van der Waals surface area (Å²) >= 11 is 0. The van der Waals surface area contributed by atoms with Gasteiger partial charge < -0.3 is 5.11 Å². The number of aromatic hydroxyl groups is 1. The topological polar surface area (TPSA) is 20.2 Å². The molecule has 0 aromatic heterocycles. The molecule has 0 saturated carbocycles. The van der Waals surface area contributed by atoms with Crippen LogP contribution in [0.15, 0.2) is 18.2 Å². The van der Waals surface area contributed by atoms with E-state index in [1.54, 1.807) is 6.07 Å². The Labute approximate surface area is 84.6 Å². The molecule has 0 atom stereocenters. The van der Waals surface area contributed by atoms with E-state index in [9.17, 15) is 4.39 Å². The highest BCUT2D eigenvalue weighted by Gasteiger charge is 2.07. The number of phenolic OH excluding ortho intramolecular Hbond substituents is 1. The maximum Gasteiger partial charge on any atom is 0.164 e. The summed E-state index contributed by atoms with van der Waals surface area (Å²) in [6.45, 7) is 6.39. The van der Waals surface area contributed by atoms with Crippen LogP contribution in [0, 0.1) is 17.3 Å². The fourth-order valence-corrected chi connectivity index (χ4v) is 1.37. The van der Waals surface area contributed by atoms with Crippen molar-refractivity contribution >= 4 is 8.07 Å². The lowest BCUT2D eigenvalue weighted by Crippen LogP contribution is -2.16. The second-order valence-electron chi connectivity index (χ2n) is 4.17. The van der Waals surface area contributed by atoms with E-state index < -0.39 is 13.9 Å². The van der Waals surface area contributed by atoms with Crippen molar-refractivity contribution in [3.63, 3.8) is 0 Å². The third-order valence-corrected chi connectivity index (χ3v) is 2.40. The molecule has 0 aliphatic carbocycles. The van der Waals surface area contributed by atoms with Crippen LogP contribution in [0.1, 0.15) is 5.56 Å². The molecule has 1 nitrogen and oxygen atoms in total. The Hall–Kier alpha value is -1.27. The molecular formula is C11H13FOSi. The van der Waals surface area contributed by atoms with Crippen molar-refractivity contribution in [2.24, 2.45) is 0 Å². The first-order valence-corrected chi connectivity index (χ1v) is 7.90. The Kier molecular flexibility index (Phi) is 2.97. The number of benzene rings is 1. The van der Waals surface area contributed by atoms with Crippen molar-refractivity contribution < 1.29 is 9.50 Å². The minimum Gasteiger partial charge on any atom is -0.505 e. The standard InChI is InChI=1S/C11H13FOSi/c1-14(2,3)7-6-9-4-5-10(12)11(13)8-9/h4-5,8,13H,1-3H3. The van der Waals surface area contributed by atoms with Gasteiger partial charge in [-0.2, -0.15) is 0 Å². The highest BCUT2D eigenvalue weighted by atomic mass is 28.3. The summed E-state index contributed by atoms with van der Waals surface area (Å²) in [5.74, 6) is 1.99. The zero-order chi connectivity index (χ0) is 10.8. The molecule has 14 heavy (non-hydrogen) atoms. The van der Waals surface area contributed by atoms with Crippen LogP contribution in [0.2, 0.25) is 19.6 Å². The van der Waals surface area contributed by atoms with Crippen LogP contribution < -0.4 is 0 Å². The summed E-state index contributed by atoms with van der Waals surface area (Å²) in [6, 6.07) is 4.15.